The highest BCUT2D eigenvalue weighted by Crippen LogP contribution is 2.18. The molecule has 0 saturated carbocycles. The summed E-state index contributed by atoms with van der Waals surface area (Å²) in [6.07, 6.45) is 6.33. The van der Waals surface area contributed by atoms with Gasteiger partial charge in [-0.05, 0) is 48.5 Å². The van der Waals surface area contributed by atoms with Crippen LogP contribution in [0.5, 0.6) is 5.75 Å². The third-order valence-corrected chi connectivity index (χ3v) is 5.17. The summed E-state index contributed by atoms with van der Waals surface area (Å²) >= 11 is 0. The van der Waals surface area contributed by atoms with Gasteiger partial charge in [-0.3, -0.25) is 9.78 Å². The Balaban J connectivity index is 1.20. The second-order valence-electron chi connectivity index (χ2n) is 7.42. The summed E-state index contributed by atoms with van der Waals surface area (Å²) in [4.78, 5) is 31.1. The van der Waals surface area contributed by atoms with E-state index in [0.29, 0.717) is 29.6 Å². The van der Waals surface area contributed by atoms with E-state index in [0.717, 1.165) is 29.7 Å². The number of hydrogen-bond donors (Lipinski definition) is 1. The number of aromatic nitrogens is 3. The van der Waals surface area contributed by atoms with Crippen molar-refractivity contribution in [2.45, 2.75) is 6.42 Å². The Morgan fingerprint density at radius 1 is 1.03 bits per heavy atom. The molecule has 0 spiro atoms. The number of carbonyl (C=O) groups is 1. The summed E-state index contributed by atoms with van der Waals surface area (Å²) in [6, 6.07) is 20.5. The minimum absolute atomic E-state index is 0.161. The summed E-state index contributed by atoms with van der Waals surface area (Å²) in [5.41, 5.74) is 3.20. The summed E-state index contributed by atoms with van der Waals surface area (Å²) in [5, 5.41) is 0. The number of imidazole rings is 1. The highest BCUT2D eigenvalue weighted by molar-refractivity contribution is 6.08. The van der Waals surface area contributed by atoms with Gasteiger partial charge in [0.1, 0.15) is 5.75 Å². The Morgan fingerprint density at radius 3 is 2.69 bits per heavy atom. The average Bonchev–Trinajstić information content (AvgIpc) is 3.28. The Hall–Kier alpha value is -4.26. The first-order valence-corrected chi connectivity index (χ1v) is 10.4. The smallest absolute Gasteiger partial charge is 0.228 e. The molecule has 2 aromatic carbocycles. The third kappa shape index (κ3) is 4.41. The highest BCUT2D eigenvalue weighted by Gasteiger charge is 2.15. The summed E-state index contributed by atoms with van der Waals surface area (Å²) in [6.45, 7) is 1.39. The van der Waals surface area contributed by atoms with Crippen molar-refractivity contribution in [2.75, 3.05) is 13.1 Å². The zero-order valence-corrected chi connectivity index (χ0v) is 17.3. The minimum atomic E-state index is -0.161. The quantitative estimate of drug-likeness (QED) is 0.474. The summed E-state index contributed by atoms with van der Waals surface area (Å²) < 4.78 is 5.93. The molecule has 5 rings (SSSR count). The van der Waals surface area contributed by atoms with Gasteiger partial charge in [0.2, 0.25) is 11.7 Å². The van der Waals surface area contributed by atoms with Gasteiger partial charge in [0.05, 0.1) is 17.6 Å². The first-order valence-electron chi connectivity index (χ1n) is 10.4. The van der Waals surface area contributed by atoms with E-state index in [1.807, 2.05) is 48.7 Å². The van der Waals surface area contributed by atoms with Crippen LogP contribution in [-0.4, -0.2) is 44.6 Å². The zero-order valence-electron chi connectivity index (χ0n) is 17.3. The number of fused-ring (bicyclic) bond motifs is 1. The molecule has 7 nitrogen and oxygen atoms in total. The number of carbonyl (C=O) groups excluding carboxylic acids is 1. The molecular formula is C25H21N5O2. The molecule has 158 valence electrons. The Morgan fingerprint density at radius 2 is 1.88 bits per heavy atom. The average molecular weight is 423 g/mol. The zero-order chi connectivity index (χ0) is 21.8. The van der Waals surface area contributed by atoms with Crippen LogP contribution in [0, 0.1) is 0 Å². The summed E-state index contributed by atoms with van der Waals surface area (Å²) in [5.74, 6) is 1.39. The molecule has 0 amide bonds. The van der Waals surface area contributed by atoms with E-state index in [1.165, 1.54) is 0 Å². The number of ether oxygens (including phenoxy) is 1. The molecule has 7 heteroatoms. The molecule has 0 saturated heterocycles. The molecule has 0 bridgehead atoms. The van der Waals surface area contributed by atoms with Gasteiger partial charge in [-0.25, -0.2) is 9.98 Å². The monoisotopic (exact) mass is 423 g/mol. The van der Waals surface area contributed by atoms with Gasteiger partial charge in [-0.2, -0.15) is 0 Å². The van der Waals surface area contributed by atoms with Crippen molar-refractivity contribution in [2.24, 2.45) is 4.99 Å². The van der Waals surface area contributed by atoms with E-state index in [4.69, 9.17) is 4.74 Å². The molecule has 0 unspecified atom stereocenters. The van der Waals surface area contributed by atoms with Crippen molar-refractivity contribution >= 4 is 22.7 Å². The molecule has 0 fully saturated rings. The van der Waals surface area contributed by atoms with E-state index in [2.05, 4.69) is 24.8 Å². The first-order chi connectivity index (χ1) is 15.7. The molecule has 1 aliphatic rings. The molecular weight excluding hydrogens is 402 g/mol. The lowest BCUT2D eigenvalue weighted by Gasteiger charge is -2.23. The van der Waals surface area contributed by atoms with Gasteiger partial charge in [-0.1, -0.05) is 18.2 Å². The van der Waals surface area contributed by atoms with Crippen LogP contribution in [-0.2, 0) is 6.42 Å². The molecule has 1 aliphatic heterocycles. The van der Waals surface area contributed by atoms with Crippen molar-refractivity contribution in [3.05, 3.63) is 102 Å². The van der Waals surface area contributed by atoms with E-state index in [-0.39, 0.29) is 5.78 Å². The van der Waals surface area contributed by atoms with Crippen LogP contribution < -0.4 is 4.74 Å². The topological polar surface area (TPSA) is 83.5 Å². The van der Waals surface area contributed by atoms with Crippen molar-refractivity contribution < 1.29 is 9.53 Å². The predicted octanol–water partition coefficient (Wildman–Crippen LogP) is 4.00. The Kier molecular flexibility index (Phi) is 5.45. The first kappa shape index (κ1) is 19.7. The maximum Gasteiger partial charge on any atom is 0.228 e. The number of para-hydroxylation sites is 2. The lowest BCUT2D eigenvalue weighted by atomic mass is 10.1. The van der Waals surface area contributed by atoms with Crippen LogP contribution in [0.4, 0.5) is 0 Å². The Bertz CT molecular complexity index is 1260. The molecule has 3 heterocycles. The largest absolute Gasteiger partial charge is 0.441 e. The van der Waals surface area contributed by atoms with Crippen LogP contribution in [0.25, 0.3) is 11.0 Å². The highest BCUT2D eigenvalue weighted by atomic mass is 16.5. The fourth-order valence-electron chi connectivity index (χ4n) is 3.50. The van der Waals surface area contributed by atoms with Crippen LogP contribution in [0.2, 0.25) is 0 Å². The maximum atomic E-state index is 12.8. The van der Waals surface area contributed by atoms with Gasteiger partial charge in [-0.15, -0.1) is 0 Å². The van der Waals surface area contributed by atoms with Crippen molar-refractivity contribution in [3.63, 3.8) is 0 Å². The number of aromatic amines is 1. The van der Waals surface area contributed by atoms with E-state index in [9.17, 15) is 4.79 Å². The molecule has 2 aromatic heterocycles. The van der Waals surface area contributed by atoms with E-state index in [1.54, 1.807) is 36.7 Å². The minimum Gasteiger partial charge on any atom is -0.441 e. The SMILES string of the molecule is O=C(c1ccc(OC2=NC=CN(CCc3ccccn3)C2)cc1)c1nc2ccccc2[nH]1. The van der Waals surface area contributed by atoms with Crippen molar-refractivity contribution in [1.29, 1.82) is 0 Å². The number of nitrogens with zero attached hydrogens (tertiary/aromatic N) is 4. The predicted molar refractivity (Wildman–Crippen MR) is 123 cm³/mol. The van der Waals surface area contributed by atoms with Gasteiger partial charge in [0.25, 0.3) is 0 Å². The van der Waals surface area contributed by atoms with E-state index < -0.39 is 0 Å². The lowest BCUT2D eigenvalue weighted by molar-refractivity contribution is 0.103. The number of H-pyrrole nitrogens is 1. The molecule has 0 radical (unpaired) electrons. The molecule has 4 aromatic rings. The standard InChI is InChI=1S/C25H21N5O2/c31-24(25-28-21-6-1-2-7-22(21)29-25)18-8-10-20(11-9-18)32-23-17-30(16-14-27-23)15-12-19-5-3-4-13-26-19/h1-11,13-14,16H,12,15,17H2,(H,28,29). The van der Waals surface area contributed by atoms with Crippen LogP contribution in [0.3, 0.4) is 0 Å². The number of pyridine rings is 1. The normalized spacial score (nSPS) is 13.2. The number of rotatable bonds is 6. The van der Waals surface area contributed by atoms with Crippen molar-refractivity contribution in [3.8, 4) is 5.75 Å². The van der Waals surface area contributed by atoms with Gasteiger partial charge in [0, 0.05) is 42.8 Å². The van der Waals surface area contributed by atoms with E-state index >= 15 is 0 Å². The second-order valence-corrected chi connectivity index (χ2v) is 7.42. The number of hydrogen-bond acceptors (Lipinski definition) is 6. The molecule has 32 heavy (non-hydrogen) atoms. The second kappa shape index (κ2) is 8.85. The van der Waals surface area contributed by atoms with Crippen LogP contribution in [0.1, 0.15) is 21.9 Å². The third-order valence-electron chi connectivity index (χ3n) is 5.17. The molecule has 0 aliphatic carbocycles. The lowest BCUT2D eigenvalue weighted by Crippen LogP contribution is -2.32. The van der Waals surface area contributed by atoms with Crippen LogP contribution in [0.15, 0.2) is 90.3 Å². The Labute approximate surface area is 185 Å². The number of aliphatic imine (C=N–C) groups is 1. The molecule has 0 atom stereocenters. The number of benzene rings is 2. The fraction of sp³-hybridized carbons (Fsp3) is 0.120. The van der Waals surface area contributed by atoms with Gasteiger partial charge >= 0.3 is 0 Å². The van der Waals surface area contributed by atoms with Gasteiger partial charge in [0.15, 0.2) is 5.82 Å². The summed E-state index contributed by atoms with van der Waals surface area (Å²) in [7, 11) is 0. The number of nitrogens with one attached hydrogen (secondary N) is 1. The fourth-order valence-corrected chi connectivity index (χ4v) is 3.50. The van der Waals surface area contributed by atoms with Gasteiger partial charge < -0.3 is 14.6 Å². The van der Waals surface area contributed by atoms with Crippen LogP contribution >= 0.6 is 0 Å². The van der Waals surface area contributed by atoms with Crippen molar-refractivity contribution in [1.82, 2.24) is 19.9 Å². The maximum absolute atomic E-state index is 12.8. The molecule has 1 N–H and O–H groups in total. The number of ketones is 1.